The smallest absolute Gasteiger partial charge is 0.267 e. The van der Waals surface area contributed by atoms with Crippen molar-refractivity contribution in [2.24, 2.45) is 16.1 Å². The van der Waals surface area contributed by atoms with Crippen molar-refractivity contribution in [2.45, 2.75) is 20.4 Å². The summed E-state index contributed by atoms with van der Waals surface area (Å²) in [6.45, 7) is 5.06. The number of nitrogens with zero attached hydrogens (tertiary/aromatic N) is 3. The van der Waals surface area contributed by atoms with Crippen LogP contribution in [0, 0.1) is 5.92 Å². The minimum atomic E-state index is -0.141. The SMILES string of the molecule is COc1cc(/C=N\N=C2\S/C(=C\c3ccccc3)C(=O)N2Cc2ccco2)ccc1OCC(C)C. The Labute approximate surface area is 209 Å². The summed E-state index contributed by atoms with van der Waals surface area (Å²) in [6, 6.07) is 18.9. The van der Waals surface area contributed by atoms with Crippen molar-refractivity contribution in [2.75, 3.05) is 13.7 Å². The lowest BCUT2D eigenvalue weighted by molar-refractivity contribution is -0.122. The molecule has 3 aromatic rings. The topological polar surface area (TPSA) is 76.6 Å². The fraction of sp³-hybridized carbons (Fsp3) is 0.222. The number of carbonyl (C=O) groups is 1. The van der Waals surface area contributed by atoms with Crippen molar-refractivity contribution in [1.82, 2.24) is 4.90 Å². The van der Waals surface area contributed by atoms with Crippen molar-refractivity contribution >= 4 is 35.1 Å². The third-order valence-corrected chi connectivity index (χ3v) is 5.99. The van der Waals surface area contributed by atoms with E-state index in [9.17, 15) is 4.79 Å². The number of thioether (sulfide) groups is 1. The fourth-order valence-corrected chi connectivity index (χ4v) is 4.20. The Morgan fingerprint density at radius 2 is 1.89 bits per heavy atom. The van der Waals surface area contributed by atoms with Crippen LogP contribution < -0.4 is 9.47 Å². The molecule has 0 aliphatic carbocycles. The number of hydrogen-bond donors (Lipinski definition) is 0. The highest BCUT2D eigenvalue weighted by Crippen LogP contribution is 2.34. The molecule has 0 saturated carbocycles. The van der Waals surface area contributed by atoms with Crippen LogP contribution in [-0.2, 0) is 11.3 Å². The Morgan fingerprint density at radius 3 is 2.60 bits per heavy atom. The van der Waals surface area contributed by atoms with Gasteiger partial charge in [0.15, 0.2) is 16.7 Å². The lowest BCUT2D eigenvalue weighted by Crippen LogP contribution is -2.28. The van der Waals surface area contributed by atoms with E-state index in [2.05, 4.69) is 24.1 Å². The molecule has 0 N–H and O–H groups in total. The molecule has 1 fully saturated rings. The van der Waals surface area contributed by atoms with Gasteiger partial charge in [0.1, 0.15) is 5.76 Å². The van der Waals surface area contributed by atoms with Crippen molar-refractivity contribution in [3.8, 4) is 11.5 Å². The van der Waals surface area contributed by atoms with Gasteiger partial charge >= 0.3 is 0 Å². The van der Waals surface area contributed by atoms with E-state index >= 15 is 0 Å². The zero-order valence-electron chi connectivity index (χ0n) is 19.9. The lowest BCUT2D eigenvalue weighted by atomic mass is 10.2. The van der Waals surface area contributed by atoms with Gasteiger partial charge in [0.05, 0.1) is 37.6 Å². The largest absolute Gasteiger partial charge is 0.493 e. The molecule has 1 aliphatic rings. The predicted molar refractivity (Wildman–Crippen MR) is 140 cm³/mol. The second kappa shape index (κ2) is 11.6. The molecule has 8 heteroatoms. The molecule has 1 amide bonds. The van der Waals surface area contributed by atoms with E-state index in [1.54, 1.807) is 30.6 Å². The molecule has 1 aliphatic heterocycles. The Balaban J connectivity index is 1.56. The number of ether oxygens (including phenoxy) is 2. The highest BCUT2D eigenvalue weighted by molar-refractivity contribution is 8.18. The van der Waals surface area contributed by atoms with Crippen LogP contribution in [0.1, 0.15) is 30.7 Å². The summed E-state index contributed by atoms with van der Waals surface area (Å²) in [5.41, 5.74) is 1.74. The van der Waals surface area contributed by atoms with Gasteiger partial charge in [-0.15, -0.1) is 5.10 Å². The van der Waals surface area contributed by atoms with E-state index in [0.717, 1.165) is 11.1 Å². The molecule has 4 rings (SSSR count). The van der Waals surface area contributed by atoms with E-state index in [-0.39, 0.29) is 12.5 Å². The Morgan fingerprint density at radius 1 is 1.06 bits per heavy atom. The summed E-state index contributed by atoms with van der Waals surface area (Å²) in [7, 11) is 1.60. The summed E-state index contributed by atoms with van der Waals surface area (Å²) in [5.74, 6) is 2.24. The average molecular weight is 490 g/mol. The summed E-state index contributed by atoms with van der Waals surface area (Å²) >= 11 is 1.29. The fourth-order valence-electron chi connectivity index (χ4n) is 3.27. The Kier molecular flexibility index (Phi) is 8.05. The number of hydrogen-bond acceptors (Lipinski definition) is 7. The van der Waals surface area contributed by atoms with Gasteiger partial charge in [-0.05, 0) is 65.2 Å². The number of rotatable bonds is 9. The highest BCUT2D eigenvalue weighted by atomic mass is 32.2. The number of carbonyl (C=O) groups excluding carboxylic acids is 1. The molecule has 0 radical (unpaired) electrons. The van der Waals surface area contributed by atoms with Crippen molar-refractivity contribution in [1.29, 1.82) is 0 Å². The van der Waals surface area contributed by atoms with Crippen molar-refractivity contribution < 1.29 is 18.7 Å². The number of benzene rings is 2. The van der Waals surface area contributed by atoms with E-state index in [1.807, 2.05) is 60.7 Å². The molecule has 2 heterocycles. The summed E-state index contributed by atoms with van der Waals surface area (Å²) in [6.07, 6.45) is 5.06. The molecular formula is C27H27N3O4S. The summed E-state index contributed by atoms with van der Waals surface area (Å²) in [5, 5.41) is 9.09. The van der Waals surface area contributed by atoms with Crippen LogP contribution in [0.4, 0.5) is 0 Å². The molecule has 7 nitrogen and oxygen atoms in total. The van der Waals surface area contributed by atoms with Gasteiger partial charge in [-0.25, -0.2) is 0 Å². The highest BCUT2D eigenvalue weighted by Gasteiger charge is 2.34. The normalized spacial score (nSPS) is 16.2. The minimum Gasteiger partial charge on any atom is -0.493 e. The third-order valence-electron chi connectivity index (χ3n) is 4.99. The minimum absolute atomic E-state index is 0.141. The van der Waals surface area contributed by atoms with Crippen LogP contribution in [0.5, 0.6) is 11.5 Å². The molecule has 180 valence electrons. The first-order valence-electron chi connectivity index (χ1n) is 11.2. The van der Waals surface area contributed by atoms with Gasteiger partial charge in [0.2, 0.25) is 0 Å². The maximum Gasteiger partial charge on any atom is 0.267 e. The Bertz CT molecular complexity index is 1230. The van der Waals surface area contributed by atoms with Gasteiger partial charge in [-0.2, -0.15) is 5.10 Å². The Hall–Kier alpha value is -3.78. The van der Waals surface area contributed by atoms with Crippen molar-refractivity contribution in [3.05, 3.63) is 88.7 Å². The number of amides is 1. The lowest BCUT2D eigenvalue weighted by Gasteiger charge is -2.13. The summed E-state index contributed by atoms with van der Waals surface area (Å²) in [4.78, 5) is 15.3. The second-order valence-electron chi connectivity index (χ2n) is 8.23. The van der Waals surface area contributed by atoms with Gasteiger partial charge in [0.25, 0.3) is 5.91 Å². The molecule has 1 saturated heterocycles. The van der Waals surface area contributed by atoms with Gasteiger partial charge in [-0.1, -0.05) is 44.2 Å². The van der Waals surface area contributed by atoms with Crippen LogP contribution in [0.2, 0.25) is 0 Å². The standard InChI is InChI=1S/C27H27N3O4S/c1-19(2)18-34-23-12-11-21(14-24(23)32-3)16-28-29-27-30(17-22-10-7-13-33-22)26(31)25(35-27)15-20-8-5-4-6-9-20/h4-16,19H,17-18H2,1-3H3/b25-15-,28-16-,29-27+. The first-order chi connectivity index (χ1) is 17.0. The van der Waals surface area contributed by atoms with Crippen LogP contribution in [-0.4, -0.2) is 35.9 Å². The van der Waals surface area contributed by atoms with Gasteiger partial charge in [0, 0.05) is 0 Å². The van der Waals surface area contributed by atoms with E-state index < -0.39 is 0 Å². The molecule has 0 atom stereocenters. The average Bonchev–Trinajstić information content (AvgIpc) is 3.48. The zero-order valence-corrected chi connectivity index (χ0v) is 20.7. The number of methoxy groups -OCH3 is 1. The molecule has 0 spiro atoms. The third kappa shape index (κ3) is 6.42. The molecular weight excluding hydrogens is 462 g/mol. The maximum atomic E-state index is 13.1. The molecule has 1 aromatic heterocycles. The molecule has 0 unspecified atom stereocenters. The second-order valence-corrected chi connectivity index (χ2v) is 9.24. The number of furan rings is 1. The van der Waals surface area contributed by atoms with Crippen LogP contribution in [0.3, 0.4) is 0 Å². The first kappa shape index (κ1) is 24.3. The van der Waals surface area contributed by atoms with E-state index in [0.29, 0.717) is 39.9 Å². The zero-order chi connectivity index (χ0) is 24.6. The van der Waals surface area contributed by atoms with Crippen LogP contribution >= 0.6 is 11.8 Å². The van der Waals surface area contributed by atoms with Gasteiger partial charge < -0.3 is 13.9 Å². The quantitative estimate of drug-likeness (QED) is 0.215. The summed E-state index contributed by atoms with van der Waals surface area (Å²) < 4.78 is 16.7. The first-order valence-corrected chi connectivity index (χ1v) is 12.1. The monoisotopic (exact) mass is 489 g/mol. The van der Waals surface area contributed by atoms with Crippen molar-refractivity contribution in [3.63, 3.8) is 0 Å². The molecule has 2 aromatic carbocycles. The van der Waals surface area contributed by atoms with Crippen LogP contribution in [0.25, 0.3) is 6.08 Å². The van der Waals surface area contributed by atoms with E-state index in [4.69, 9.17) is 13.9 Å². The molecule has 0 bridgehead atoms. The van der Waals surface area contributed by atoms with Gasteiger partial charge in [-0.3, -0.25) is 9.69 Å². The molecule has 35 heavy (non-hydrogen) atoms. The van der Waals surface area contributed by atoms with Crippen LogP contribution in [0.15, 0.2) is 86.5 Å². The maximum absolute atomic E-state index is 13.1. The van der Waals surface area contributed by atoms with E-state index in [1.165, 1.54) is 11.8 Å². The predicted octanol–water partition coefficient (Wildman–Crippen LogP) is 5.83. The number of amidine groups is 1.